The summed E-state index contributed by atoms with van der Waals surface area (Å²) in [6.45, 7) is 20.5. The molecule has 0 spiro atoms. The maximum absolute atomic E-state index is 11.6. The summed E-state index contributed by atoms with van der Waals surface area (Å²) in [6.07, 6.45) is 11.7. The van der Waals surface area contributed by atoms with Crippen LogP contribution in [0.4, 0.5) is 4.79 Å². The number of allylic oxidation sites excluding steroid dienone is 5. The van der Waals surface area contributed by atoms with E-state index in [4.69, 9.17) is 9.84 Å². The molecule has 4 heteroatoms. The quantitative estimate of drug-likeness (QED) is 0.437. The van der Waals surface area contributed by atoms with Crippen LogP contribution in [0.25, 0.3) is 0 Å². The summed E-state index contributed by atoms with van der Waals surface area (Å²) in [4.78, 5) is 13.3. The maximum Gasteiger partial charge on any atom is 0.410 e. The number of aliphatic hydroxyl groups excluding tert-OH is 1. The molecule has 1 amide bonds. The Kier molecular flexibility index (Phi) is 22.5. The van der Waals surface area contributed by atoms with Gasteiger partial charge in [0.2, 0.25) is 0 Å². The van der Waals surface area contributed by atoms with Gasteiger partial charge in [-0.25, -0.2) is 4.79 Å². The second-order valence-corrected chi connectivity index (χ2v) is 7.70. The molecule has 0 heterocycles. The van der Waals surface area contributed by atoms with Crippen LogP contribution in [-0.2, 0) is 4.74 Å². The smallest absolute Gasteiger partial charge is 0.410 e. The van der Waals surface area contributed by atoms with Crippen LogP contribution in [0.15, 0.2) is 36.5 Å². The van der Waals surface area contributed by atoms with Crippen molar-refractivity contribution in [3.8, 4) is 0 Å². The summed E-state index contributed by atoms with van der Waals surface area (Å²) in [5.41, 5.74) is 0.657. The Morgan fingerprint density at radius 1 is 1.21 bits per heavy atom. The van der Waals surface area contributed by atoms with Gasteiger partial charge in [0.25, 0.3) is 0 Å². The van der Waals surface area contributed by atoms with Crippen molar-refractivity contribution in [1.29, 1.82) is 0 Å². The highest BCUT2D eigenvalue weighted by Crippen LogP contribution is 2.13. The van der Waals surface area contributed by atoms with Gasteiger partial charge in [-0.2, -0.15) is 0 Å². The van der Waals surface area contributed by atoms with E-state index in [0.29, 0.717) is 12.5 Å². The monoisotopic (exact) mass is 397 g/mol. The Hall–Kier alpha value is -1.55. The van der Waals surface area contributed by atoms with Gasteiger partial charge in [0.1, 0.15) is 5.60 Å². The number of carbonyl (C=O) groups is 1. The van der Waals surface area contributed by atoms with Gasteiger partial charge in [0.05, 0.1) is 0 Å². The van der Waals surface area contributed by atoms with E-state index in [1.54, 1.807) is 11.9 Å². The molecule has 0 aliphatic rings. The average molecular weight is 398 g/mol. The van der Waals surface area contributed by atoms with Gasteiger partial charge in [-0.15, -0.1) is 0 Å². The van der Waals surface area contributed by atoms with Crippen molar-refractivity contribution in [1.82, 2.24) is 4.90 Å². The van der Waals surface area contributed by atoms with E-state index in [-0.39, 0.29) is 12.7 Å². The summed E-state index contributed by atoms with van der Waals surface area (Å²) in [5.74, 6) is 0.520. The van der Waals surface area contributed by atoms with Gasteiger partial charge in [-0.1, -0.05) is 64.2 Å². The molecule has 28 heavy (non-hydrogen) atoms. The molecular formula is C24H47NO3. The molecule has 0 fully saturated rings. The molecule has 1 N–H and O–H groups in total. The molecule has 0 aliphatic heterocycles. The Balaban J connectivity index is -0.000000479. The summed E-state index contributed by atoms with van der Waals surface area (Å²) < 4.78 is 5.26. The minimum Gasteiger partial charge on any atom is -0.444 e. The number of rotatable bonds is 9. The highest BCUT2D eigenvalue weighted by molar-refractivity contribution is 5.67. The number of hydrogen-bond donors (Lipinski definition) is 1. The zero-order valence-corrected chi connectivity index (χ0v) is 20.0. The first-order valence-corrected chi connectivity index (χ1v) is 10.6. The van der Waals surface area contributed by atoms with Gasteiger partial charge in [-0.05, 0) is 59.3 Å². The van der Waals surface area contributed by atoms with Crippen LogP contribution in [0.3, 0.4) is 0 Å². The molecule has 166 valence electrons. The second-order valence-electron chi connectivity index (χ2n) is 7.70. The average Bonchev–Trinajstić information content (AvgIpc) is 2.62. The maximum atomic E-state index is 11.6. The zero-order valence-electron chi connectivity index (χ0n) is 20.0. The Morgan fingerprint density at radius 3 is 2.21 bits per heavy atom. The third kappa shape index (κ3) is 26.7. The molecule has 0 rings (SSSR count). The topological polar surface area (TPSA) is 49.8 Å². The van der Waals surface area contributed by atoms with Crippen molar-refractivity contribution >= 4 is 6.09 Å². The highest BCUT2D eigenvalue weighted by atomic mass is 16.6. The lowest BCUT2D eigenvalue weighted by atomic mass is 10.0. The van der Waals surface area contributed by atoms with Crippen LogP contribution in [0.2, 0.25) is 0 Å². The number of amides is 1. The zero-order chi connectivity index (χ0) is 22.6. The van der Waals surface area contributed by atoms with E-state index in [9.17, 15) is 4.79 Å². The molecule has 0 saturated heterocycles. The van der Waals surface area contributed by atoms with Crippen molar-refractivity contribution in [3.05, 3.63) is 36.5 Å². The Labute approximate surface area is 175 Å². The molecule has 0 aromatic heterocycles. The fourth-order valence-corrected chi connectivity index (χ4v) is 1.86. The minimum atomic E-state index is -0.437. The molecule has 0 saturated carbocycles. The number of nitrogens with zero attached hydrogens (tertiary/aromatic N) is 1. The molecule has 0 aliphatic carbocycles. The summed E-state index contributed by atoms with van der Waals surface area (Å²) in [6, 6.07) is 0. The lowest BCUT2D eigenvalue weighted by Gasteiger charge is -2.25. The van der Waals surface area contributed by atoms with Crippen LogP contribution in [0.1, 0.15) is 81.1 Å². The first-order valence-electron chi connectivity index (χ1n) is 10.6. The minimum absolute atomic E-state index is 0.242. The predicted molar refractivity (Wildman–Crippen MR) is 124 cm³/mol. The molecule has 0 aromatic carbocycles. The summed E-state index contributed by atoms with van der Waals surface area (Å²) >= 11 is 0. The van der Waals surface area contributed by atoms with Crippen LogP contribution in [0, 0.1) is 5.92 Å². The van der Waals surface area contributed by atoms with E-state index < -0.39 is 5.60 Å². The third-order valence-corrected chi connectivity index (χ3v) is 3.38. The number of carbonyl (C=O) groups excluding carboxylic acids is 1. The third-order valence-electron chi connectivity index (χ3n) is 3.38. The van der Waals surface area contributed by atoms with E-state index in [1.807, 2.05) is 59.8 Å². The number of hydrogen-bond acceptors (Lipinski definition) is 3. The first kappa shape index (κ1) is 31.2. The highest BCUT2D eigenvalue weighted by Gasteiger charge is 2.19. The van der Waals surface area contributed by atoms with Crippen molar-refractivity contribution in [2.75, 3.05) is 20.2 Å². The standard InChI is InChI=1S/C13H27NO3.C9H14.C2H6/c1-11(7-6-10-15)8-9-14(5)12(16)17-13(2,3)4;1-4-5-6-7-8-9(2)3;1-2/h11,15H,6-10H2,1-5H3;5-8H,2,4H2,1,3H3;1-2H3/b;6-5-,8-7-;. The van der Waals surface area contributed by atoms with Gasteiger partial charge in [0.15, 0.2) is 0 Å². The van der Waals surface area contributed by atoms with Crippen molar-refractivity contribution in [3.63, 3.8) is 0 Å². The van der Waals surface area contributed by atoms with E-state index in [1.165, 1.54) is 0 Å². The van der Waals surface area contributed by atoms with Crippen LogP contribution >= 0.6 is 0 Å². The molecule has 0 bridgehead atoms. The summed E-state index contributed by atoms with van der Waals surface area (Å²) in [7, 11) is 1.76. The van der Waals surface area contributed by atoms with Gasteiger partial charge in [-0.3, -0.25) is 0 Å². The van der Waals surface area contributed by atoms with Gasteiger partial charge < -0.3 is 14.7 Å². The van der Waals surface area contributed by atoms with E-state index in [2.05, 4.69) is 26.5 Å². The molecule has 0 radical (unpaired) electrons. The molecular weight excluding hydrogens is 350 g/mol. The molecule has 1 unspecified atom stereocenters. The SMILES string of the molecule is C=C(C)/C=C\C=C/CC.CC.CC(CCCO)CCN(C)C(=O)OC(C)(C)C. The van der Waals surface area contributed by atoms with Crippen molar-refractivity contribution < 1.29 is 14.6 Å². The fraction of sp³-hybridized carbons (Fsp3) is 0.708. The van der Waals surface area contributed by atoms with Gasteiger partial charge in [0, 0.05) is 20.2 Å². The Morgan fingerprint density at radius 2 is 1.79 bits per heavy atom. The summed E-state index contributed by atoms with van der Waals surface area (Å²) in [5, 5.41) is 8.72. The van der Waals surface area contributed by atoms with Gasteiger partial charge >= 0.3 is 6.09 Å². The van der Waals surface area contributed by atoms with Crippen molar-refractivity contribution in [2.24, 2.45) is 5.92 Å². The van der Waals surface area contributed by atoms with Crippen LogP contribution < -0.4 is 0 Å². The lowest BCUT2D eigenvalue weighted by Crippen LogP contribution is -2.35. The first-order chi connectivity index (χ1) is 13.0. The molecule has 4 nitrogen and oxygen atoms in total. The van der Waals surface area contributed by atoms with Crippen molar-refractivity contribution in [2.45, 2.75) is 86.7 Å². The predicted octanol–water partition coefficient (Wildman–Crippen LogP) is 6.76. The lowest BCUT2D eigenvalue weighted by molar-refractivity contribution is 0.0290. The number of ether oxygens (including phenoxy) is 1. The van der Waals surface area contributed by atoms with E-state index in [0.717, 1.165) is 31.3 Å². The molecule has 0 aromatic rings. The Bertz CT molecular complexity index is 434. The van der Waals surface area contributed by atoms with Crippen LogP contribution in [0.5, 0.6) is 0 Å². The van der Waals surface area contributed by atoms with Crippen LogP contribution in [-0.4, -0.2) is 41.9 Å². The van der Waals surface area contributed by atoms with E-state index >= 15 is 0 Å². The molecule has 1 atom stereocenters. The fourth-order valence-electron chi connectivity index (χ4n) is 1.86. The second kappa shape index (κ2) is 20.2. The number of aliphatic hydroxyl groups is 1. The largest absolute Gasteiger partial charge is 0.444 e. The normalized spacial score (nSPS) is 11.9.